The van der Waals surface area contributed by atoms with Gasteiger partial charge in [0, 0.05) is 30.5 Å². The van der Waals surface area contributed by atoms with Gasteiger partial charge >= 0.3 is 0 Å². The van der Waals surface area contributed by atoms with Crippen LogP contribution in [0.5, 0.6) is 0 Å². The van der Waals surface area contributed by atoms with Gasteiger partial charge in [0.2, 0.25) is 5.91 Å². The first-order chi connectivity index (χ1) is 16.9. The van der Waals surface area contributed by atoms with Crippen LogP contribution in [0.3, 0.4) is 0 Å². The fourth-order valence-electron chi connectivity index (χ4n) is 4.06. The monoisotopic (exact) mass is 495 g/mol. The predicted octanol–water partition coefficient (Wildman–Crippen LogP) is 1.50. The standard InChI is InChI=1S/C23H22FN7O3S/c1-14-8-20(33)31-17(12-35-23(31)28-14)9-19(32)25-6-7-30-21-18(10-27-30)22(34)29(13-26-21)11-15-2-4-16(24)5-3-15/h2-5,8,10,13,17H,6-7,9,11-12H2,1H3,(H,25,32). The second kappa shape index (κ2) is 9.45. The summed E-state index contributed by atoms with van der Waals surface area (Å²) in [6.07, 6.45) is 3.08. The number of hydrogen-bond acceptors (Lipinski definition) is 7. The minimum Gasteiger partial charge on any atom is -0.354 e. The molecule has 1 atom stereocenters. The summed E-state index contributed by atoms with van der Waals surface area (Å²) in [4.78, 5) is 46.4. The maximum absolute atomic E-state index is 13.1. The summed E-state index contributed by atoms with van der Waals surface area (Å²) in [5, 5.41) is 8.11. The first kappa shape index (κ1) is 23.0. The smallest absolute Gasteiger partial charge is 0.264 e. The summed E-state index contributed by atoms with van der Waals surface area (Å²) in [5.41, 5.74) is 1.48. The number of carbonyl (C=O) groups excluding carboxylic acids is 1. The maximum atomic E-state index is 13.1. The van der Waals surface area contributed by atoms with Crippen molar-refractivity contribution in [2.24, 2.45) is 0 Å². The molecule has 0 aliphatic carbocycles. The highest BCUT2D eigenvalue weighted by Gasteiger charge is 2.27. The molecule has 4 aromatic rings. The van der Waals surface area contributed by atoms with E-state index in [9.17, 15) is 18.8 Å². The number of hydrogen-bond donors (Lipinski definition) is 1. The third-order valence-corrected chi connectivity index (χ3v) is 6.87. The Morgan fingerprint density at radius 1 is 1.26 bits per heavy atom. The van der Waals surface area contributed by atoms with Crippen molar-refractivity contribution in [2.45, 2.75) is 37.6 Å². The summed E-state index contributed by atoms with van der Waals surface area (Å²) in [7, 11) is 0. The molecule has 1 unspecified atom stereocenters. The van der Waals surface area contributed by atoms with Gasteiger partial charge < -0.3 is 5.32 Å². The molecule has 4 heterocycles. The van der Waals surface area contributed by atoms with E-state index in [4.69, 9.17) is 0 Å². The fraction of sp³-hybridized carbons (Fsp3) is 0.304. The number of amides is 1. The second-order valence-corrected chi connectivity index (χ2v) is 9.30. The van der Waals surface area contributed by atoms with Crippen molar-refractivity contribution >= 4 is 28.7 Å². The van der Waals surface area contributed by atoms with Gasteiger partial charge in [0.1, 0.15) is 17.5 Å². The van der Waals surface area contributed by atoms with Crippen LogP contribution in [-0.2, 0) is 17.9 Å². The Morgan fingerprint density at radius 2 is 2.06 bits per heavy atom. The number of halogens is 1. The number of rotatable bonds is 7. The third kappa shape index (κ3) is 4.74. The Morgan fingerprint density at radius 3 is 2.86 bits per heavy atom. The van der Waals surface area contributed by atoms with Gasteiger partial charge in [-0.25, -0.2) is 19.0 Å². The Balaban J connectivity index is 1.21. The molecule has 1 aliphatic heterocycles. The average Bonchev–Trinajstić information content (AvgIpc) is 3.42. The van der Waals surface area contributed by atoms with E-state index in [1.54, 1.807) is 28.3 Å². The number of benzene rings is 1. The lowest BCUT2D eigenvalue weighted by molar-refractivity contribution is -0.121. The molecular formula is C23H22FN7O3S. The van der Waals surface area contributed by atoms with Crippen molar-refractivity contribution in [3.63, 3.8) is 0 Å². The largest absolute Gasteiger partial charge is 0.354 e. The van der Waals surface area contributed by atoms with Gasteiger partial charge in [-0.15, -0.1) is 0 Å². The normalized spacial score (nSPS) is 14.9. The van der Waals surface area contributed by atoms with E-state index in [1.807, 2.05) is 0 Å². The van der Waals surface area contributed by atoms with Gasteiger partial charge in [-0.3, -0.25) is 23.5 Å². The molecule has 0 bridgehead atoms. The summed E-state index contributed by atoms with van der Waals surface area (Å²) in [6, 6.07) is 7.17. The minimum absolute atomic E-state index is 0.144. The summed E-state index contributed by atoms with van der Waals surface area (Å²) < 4.78 is 17.7. The molecule has 1 amide bonds. The van der Waals surface area contributed by atoms with Gasteiger partial charge in [-0.2, -0.15) is 5.10 Å². The van der Waals surface area contributed by atoms with Crippen molar-refractivity contribution in [3.8, 4) is 0 Å². The minimum atomic E-state index is -0.337. The van der Waals surface area contributed by atoms with E-state index in [1.165, 1.54) is 47.1 Å². The Labute approximate surface area is 202 Å². The van der Waals surface area contributed by atoms with Gasteiger partial charge in [0.25, 0.3) is 11.1 Å². The van der Waals surface area contributed by atoms with Gasteiger partial charge in [-0.1, -0.05) is 23.9 Å². The summed E-state index contributed by atoms with van der Waals surface area (Å²) >= 11 is 1.47. The molecule has 0 saturated heterocycles. The van der Waals surface area contributed by atoms with E-state index < -0.39 is 0 Å². The molecule has 35 heavy (non-hydrogen) atoms. The van der Waals surface area contributed by atoms with Crippen LogP contribution < -0.4 is 16.4 Å². The van der Waals surface area contributed by atoms with Crippen LogP contribution >= 0.6 is 11.8 Å². The number of nitrogens with one attached hydrogen (secondary N) is 1. The molecule has 1 aliphatic rings. The highest BCUT2D eigenvalue weighted by atomic mass is 32.2. The molecule has 5 rings (SSSR count). The van der Waals surface area contributed by atoms with Crippen molar-refractivity contribution in [2.75, 3.05) is 12.3 Å². The predicted molar refractivity (Wildman–Crippen MR) is 128 cm³/mol. The molecule has 0 spiro atoms. The summed E-state index contributed by atoms with van der Waals surface area (Å²) in [5.74, 6) is 0.106. The van der Waals surface area contributed by atoms with Crippen LogP contribution in [0.4, 0.5) is 4.39 Å². The Bertz CT molecular complexity index is 1530. The van der Waals surface area contributed by atoms with Crippen LogP contribution in [0.2, 0.25) is 0 Å². The molecule has 0 saturated carbocycles. The lowest BCUT2D eigenvalue weighted by Crippen LogP contribution is -2.32. The quantitative estimate of drug-likeness (QED) is 0.386. The lowest BCUT2D eigenvalue weighted by atomic mass is 10.2. The van der Waals surface area contributed by atoms with Crippen LogP contribution in [0, 0.1) is 12.7 Å². The molecular weight excluding hydrogens is 473 g/mol. The van der Waals surface area contributed by atoms with Crippen molar-refractivity contribution in [1.29, 1.82) is 0 Å². The average molecular weight is 496 g/mol. The molecule has 1 aromatic carbocycles. The van der Waals surface area contributed by atoms with Crippen LogP contribution in [-0.4, -0.2) is 47.1 Å². The highest BCUT2D eigenvalue weighted by Crippen LogP contribution is 2.31. The Kier molecular flexibility index (Phi) is 6.20. The molecule has 3 aromatic heterocycles. The molecule has 1 N–H and O–H groups in total. The van der Waals surface area contributed by atoms with E-state index in [2.05, 4.69) is 20.4 Å². The maximum Gasteiger partial charge on any atom is 0.264 e. The molecule has 0 fully saturated rings. The van der Waals surface area contributed by atoms with Crippen molar-refractivity contribution < 1.29 is 9.18 Å². The van der Waals surface area contributed by atoms with E-state index in [-0.39, 0.29) is 41.9 Å². The zero-order valence-electron chi connectivity index (χ0n) is 18.8. The van der Waals surface area contributed by atoms with E-state index >= 15 is 0 Å². The molecule has 12 heteroatoms. The topological polar surface area (TPSA) is 117 Å². The highest BCUT2D eigenvalue weighted by molar-refractivity contribution is 7.99. The molecule has 180 valence electrons. The van der Waals surface area contributed by atoms with Gasteiger partial charge in [0.15, 0.2) is 10.8 Å². The molecule has 10 nitrogen and oxygen atoms in total. The summed E-state index contributed by atoms with van der Waals surface area (Å²) in [6.45, 7) is 2.67. The van der Waals surface area contributed by atoms with Gasteiger partial charge in [-0.05, 0) is 24.6 Å². The molecule has 0 radical (unpaired) electrons. The second-order valence-electron chi connectivity index (χ2n) is 8.32. The van der Waals surface area contributed by atoms with E-state index in [0.717, 1.165) is 5.56 Å². The van der Waals surface area contributed by atoms with Crippen LogP contribution in [0.25, 0.3) is 11.0 Å². The number of aromatic nitrogens is 6. The van der Waals surface area contributed by atoms with Crippen molar-refractivity contribution in [1.82, 2.24) is 34.2 Å². The zero-order chi connectivity index (χ0) is 24.5. The number of carbonyl (C=O) groups is 1. The fourth-order valence-corrected chi connectivity index (χ4v) is 5.26. The third-order valence-electron chi connectivity index (χ3n) is 5.77. The Hall–Kier alpha value is -3.80. The van der Waals surface area contributed by atoms with Crippen LogP contribution in [0.15, 0.2) is 57.6 Å². The number of nitrogens with zero attached hydrogens (tertiary/aromatic N) is 6. The first-order valence-electron chi connectivity index (χ1n) is 11.0. The van der Waals surface area contributed by atoms with Gasteiger partial charge in [0.05, 0.1) is 25.3 Å². The van der Waals surface area contributed by atoms with Crippen molar-refractivity contribution in [3.05, 3.63) is 80.6 Å². The number of thioether (sulfide) groups is 1. The number of fused-ring (bicyclic) bond motifs is 2. The lowest BCUT2D eigenvalue weighted by Gasteiger charge is -2.13. The van der Waals surface area contributed by atoms with E-state index in [0.29, 0.717) is 40.7 Å². The number of aryl methyl sites for hydroxylation is 1. The zero-order valence-corrected chi connectivity index (χ0v) is 19.7. The van der Waals surface area contributed by atoms with Crippen LogP contribution in [0.1, 0.15) is 23.7 Å². The first-order valence-corrected chi connectivity index (χ1v) is 12.0. The SMILES string of the molecule is Cc1cc(=O)n2c(n1)SCC2CC(=O)NCCn1ncc2c(=O)n(Cc3ccc(F)cc3)cnc21.